The van der Waals surface area contributed by atoms with Crippen LogP contribution in [0.15, 0.2) is 46.9 Å². The molecule has 0 saturated heterocycles. The summed E-state index contributed by atoms with van der Waals surface area (Å²) in [5.74, 6) is -0.0331. The Morgan fingerprint density at radius 1 is 1.24 bits per heavy atom. The number of halogens is 3. The van der Waals surface area contributed by atoms with Gasteiger partial charge in [0.25, 0.3) is 0 Å². The number of hydrogen-bond donors (Lipinski definition) is 1. The topological polar surface area (TPSA) is 12.0 Å². The van der Waals surface area contributed by atoms with E-state index in [0.29, 0.717) is 12.0 Å². The molecule has 0 aliphatic heterocycles. The van der Waals surface area contributed by atoms with Crippen molar-refractivity contribution in [2.45, 2.75) is 19.3 Å². The fourth-order valence-corrected chi connectivity index (χ4v) is 3.08. The number of nitrogens with one attached hydrogen (secondary N) is 1. The Morgan fingerprint density at radius 2 is 2.00 bits per heavy atom. The molecule has 0 spiro atoms. The molecule has 4 heteroatoms. The van der Waals surface area contributed by atoms with Gasteiger partial charge in [-0.1, -0.05) is 52.7 Å². The molecule has 2 aromatic rings. The number of likely N-dealkylation sites (N-methyl/N-ethyl adjacent to an activating group) is 1. The molecule has 0 bridgehead atoms. The number of hydrogen-bond acceptors (Lipinski definition) is 1. The molecule has 0 heterocycles. The second kappa shape index (κ2) is 7.92. The summed E-state index contributed by atoms with van der Waals surface area (Å²) in [6, 6.07) is 12.8. The van der Waals surface area contributed by atoms with Crippen LogP contribution in [0.5, 0.6) is 0 Å². The van der Waals surface area contributed by atoms with E-state index in [2.05, 4.69) is 28.2 Å². The summed E-state index contributed by atoms with van der Waals surface area (Å²) in [6.45, 7) is 3.71. The Hall–Kier alpha value is -0.900. The highest BCUT2D eigenvalue weighted by Gasteiger charge is 2.17. The maximum Gasteiger partial charge on any atom is 0.126 e. The summed E-state index contributed by atoms with van der Waals surface area (Å²) < 4.78 is 14.9. The first kappa shape index (κ1) is 16.5. The SMILES string of the molecule is CCNCC(Cc1cc(Br)ccc1F)c1ccccc1Cl. The van der Waals surface area contributed by atoms with Gasteiger partial charge in [-0.25, -0.2) is 4.39 Å². The molecule has 0 aliphatic rings. The van der Waals surface area contributed by atoms with Gasteiger partial charge in [0.15, 0.2) is 0 Å². The molecule has 21 heavy (non-hydrogen) atoms. The van der Waals surface area contributed by atoms with Gasteiger partial charge >= 0.3 is 0 Å². The second-order valence-corrected chi connectivity index (χ2v) is 6.29. The first-order valence-corrected chi connectivity index (χ1v) is 8.18. The molecule has 1 unspecified atom stereocenters. The van der Waals surface area contributed by atoms with Crippen molar-refractivity contribution >= 4 is 27.5 Å². The Labute approximate surface area is 138 Å². The highest BCUT2D eigenvalue weighted by molar-refractivity contribution is 9.10. The quantitative estimate of drug-likeness (QED) is 0.739. The molecule has 1 atom stereocenters. The molecular weight excluding hydrogens is 353 g/mol. The first-order chi connectivity index (χ1) is 10.1. The standard InChI is InChI=1S/C17H18BrClFN/c1-2-21-11-13(15-5-3-4-6-16(15)19)9-12-10-14(18)7-8-17(12)20/h3-8,10,13,21H,2,9,11H2,1H3. The van der Waals surface area contributed by atoms with E-state index in [0.717, 1.165) is 28.1 Å². The zero-order valence-electron chi connectivity index (χ0n) is 11.9. The Morgan fingerprint density at radius 3 is 2.71 bits per heavy atom. The van der Waals surface area contributed by atoms with E-state index >= 15 is 0 Å². The van der Waals surface area contributed by atoms with Crippen LogP contribution < -0.4 is 5.32 Å². The molecule has 1 nitrogen and oxygen atoms in total. The van der Waals surface area contributed by atoms with Crippen molar-refractivity contribution in [3.05, 3.63) is 68.9 Å². The highest BCUT2D eigenvalue weighted by Crippen LogP contribution is 2.29. The lowest BCUT2D eigenvalue weighted by molar-refractivity contribution is 0.562. The van der Waals surface area contributed by atoms with Crippen LogP contribution in [0.1, 0.15) is 24.0 Å². The molecule has 0 amide bonds. The minimum Gasteiger partial charge on any atom is -0.316 e. The van der Waals surface area contributed by atoms with Gasteiger partial charge in [-0.3, -0.25) is 0 Å². The van der Waals surface area contributed by atoms with E-state index in [1.807, 2.05) is 30.3 Å². The van der Waals surface area contributed by atoms with Crippen molar-refractivity contribution in [2.24, 2.45) is 0 Å². The van der Waals surface area contributed by atoms with Crippen LogP contribution in [-0.2, 0) is 6.42 Å². The highest BCUT2D eigenvalue weighted by atomic mass is 79.9. The molecule has 0 aromatic heterocycles. The lowest BCUT2D eigenvalue weighted by Crippen LogP contribution is -2.23. The summed E-state index contributed by atoms with van der Waals surface area (Å²) in [5, 5.41) is 4.07. The smallest absolute Gasteiger partial charge is 0.126 e. The molecule has 1 N–H and O–H groups in total. The Kier molecular flexibility index (Phi) is 6.22. The maximum absolute atomic E-state index is 14.0. The zero-order valence-corrected chi connectivity index (χ0v) is 14.2. The monoisotopic (exact) mass is 369 g/mol. The van der Waals surface area contributed by atoms with E-state index < -0.39 is 0 Å². The fraction of sp³-hybridized carbons (Fsp3) is 0.294. The van der Waals surface area contributed by atoms with Crippen LogP contribution in [-0.4, -0.2) is 13.1 Å². The third-order valence-corrected chi connectivity index (χ3v) is 4.30. The van der Waals surface area contributed by atoms with Gasteiger partial charge in [-0.05, 0) is 48.4 Å². The van der Waals surface area contributed by atoms with E-state index in [1.165, 1.54) is 6.07 Å². The van der Waals surface area contributed by atoms with Crippen molar-refractivity contribution in [1.29, 1.82) is 0 Å². The third-order valence-electron chi connectivity index (χ3n) is 3.46. The first-order valence-electron chi connectivity index (χ1n) is 7.01. The van der Waals surface area contributed by atoms with Gasteiger partial charge < -0.3 is 5.32 Å². The van der Waals surface area contributed by atoms with Crippen LogP contribution in [0.3, 0.4) is 0 Å². The van der Waals surface area contributed by atoms with E-state index in [9.17, 15) is 4.39 Å². The lowest BCUT2D eigenvalue weighted by Gasteiger charge is -2.19. The molecule has 0 fully saturated rings. The lowest BCUT2D eigenvalue weighted by atomic mass is 9.91. The van der Waals surface area contributed by atoms with Gasteiger partial charge in [0, 0.05) is 22.0 Å². The predicted octanol–water partition coefficient (Wildman–Crippen LogP) is 5.18. The van der Waals surface area contributed by atoms with Crippen LogP contribution >= 0.6 is 27.5 Å². The summed E-state index contributed by atoms with van der Waals surface area (Å²) in [4.78, 5) is 0. The molecule has 0 saturated carbocycles. The molecule has 0 radical (unpaired) electrons. The molecule has 112 valence electrons. The zero-order chi connectivity index (χ0) is 15.2. The van der Waals surface area contributed by atoms with Crippen LogP contribution in [0.4, 0.5) is 4.39 Å². The minimum atomic E-state index is -0.174. The van der Waals surface area contributed by atoms with Crippen molar-refractivity contribution < 1.29 is 4.39 Å². The van der Waals surface area contributed by atoms with Crippen LogP contribution in [0.25, 0.3) is 0 Å². The van der Waals surface area contributed by atoms with Crippen LogP contribution in [0.2, 0.25) is 5.02 Å². The summed E-state index contributed by atoms with van der Waals surface area (Å²) in [7, 11) is 0. The largest absolute Gasteiger partial charge is 0.316 e. The normalized spacial score (nSPS) is 12.4. The van der Waals surface area contributed by atoms with Crippen molar-refractivity contribution in [3.63, 3.8) is 0 Å². The van der Waals surface area contributed by atoms with Crippen LogP contribution in [0, 0.1) is 5.82 Å². The van der Waals surface area contributed by atoms with Crippen molar-refractivity contribution in [2.75, 3.05) is 13.1 Å². The number of benzene rings is 2. The van der Waals surface area contributed by atoms with E-state index in [-0.39, 0.29) is 11.7 Å². The molecule has 2 rings (SSSR count). The fourth-order valence-electron chi connectivity index (χ4n) is 2.38. The van der Waals surface area contributed by atoms with Gasteiger partial charge in [0.2, 0.25) is 0 Å². The van der Waals surface area contributed by atoms with Gasteiger partial charge in [0.05, 0.1) is 0 Å². The number of rotatable bonds is 6. The van der Waals surface area contributed by atoms with Gasteiger partial charge in [-0.15, -0.1) is 0 Å². The van der Waals surface area contributed by atoms with E-state index in [4.69, 9.17) is 11.6 Å². The molecule has 0 aliphatic carbocycles. The third kappa shape index (κ3) is 4.53. The second-order valence-electron chi connectivity index (χ2n) is 4.97. The Bertz CT molecular complexity index is 603. The Balaban J connectivity index is 2.28. The van der Waals surface area contributed by atoms with Gasteiger partial charge in [-0.2, -0.15) is 0 Å². The average molecular weight is 371 g/mol. The van der Waals surface area contributed by atoms with Crippen molar-refractivity contribution in [3.8, 4) is 0 Å². The maximum atomic E-state index is 14.0. The van der Waals surface area contributed by atoms with Gasteiger partial charge in [0.1, 0.15) is 5.82 Å². The summed E-state index contributed by atoms with van der Waals surface area (Å²) in [6.07, 6.45) is 0.613. The van der Waals surface area contributed by atoms with Crippen molar-refractivity contribution in [1.82, 2.24) is 5.32 Å². The summed E-state index contributed by atoms with van der Waals surface area (Å²) in [5.41, 5.74) is 1.76. The predicted molar refractivity (Wildman–Crippen MR) is 90.5 cm³/mol. The minimum absolute atomic E-state index is 0.141. The molecular formula is C17H18BrClFN. The summed E-state index contributed by atoms with van der Waals surface area (Å²) >= 11 is 9.71. The van der Waals surface area contributed by atoms with E-state index in [1.54, 1.807) is 6.07 Å². The molecule has 2 aromatic carbocycles. The average Bonchev–Trinajstić information content (AvgIpc) is 2.48.